The van der Waals surface area contributed by atoms with Crippen LogP contribution >= 0.6 is 11.3 Å². The lowest BCUT2D eigenvalue weighted by Gasteiger charge is -2.33. The number of carbonyl (C=O) groups excluding carboxylic acids is 1. The Morgan fingerprint density at radius 3 is 2.89 bits per heavy atom. The molecule has 1 saturated carbocycles. The molecule has 10 nitrogen and oxygen atoms in total. The van der Waals surface area contributed by atoms with E-state index in [0.717, 1.165) is 17.8 Å². The highest BCUT2D eigenvalue weighted by molar-refractivity contribution is 7.09. The molecule has 2 aliphatic heterocycles. The zero-order chi connectivity index (χ0) is 24.5. The molecule has 0 unspecified atom stereocenters. The van der Waals surface area contributed by atoms with E-state index in [-0.39, 0.29) is 35.6 Å². The number of aliphatic hydroxyl groups is 1. The highest BCUT2D eigenvalue weighted by Crippen LogP contribution is 2.46. The van der Waals surface area contributed by atoms with Crippen molar-refractivity contribution in [3.05, 3.63) is 50.0 Å². The number of nitro benzene ring substituents is 1. The number of benzene rings is 1. The zero-order valence-electron chi connectivity index (χ0n) is 19.5. The van der Waals surface area contributed by atoms with Crippen molar-refractivity contribution in [2.75, 3.05) is 32.9 Å². The van der Waals surface area contributed by atoms with Gasteiger partial charge >= 0.3 is 0 Å². The number of fused-ring (bicyclic) bond motifs is 1. The number of aliphatic hydroxyl groups excluding tert-OH is 1. The van der Waals surface area contributed by atoms with Gasteiger partial charge in [0.1, 0.15) is 22.6 Å². The van der Waals surface area contributed by atoms with Crippen LogP contribution in [0.4, 0.5) is 5.69 Å². The van der Waals surface area contributed by atoms with Crippen molar-refractivity contribution in [1.29, 1.82) is 0 Å². The number of morpholine rings is 1. The summed E-state index contributed by atoms with van der Waals surface area (Å²) >= 11 is 1.45. The second kappa shape index (κ2) is 10.2. The first-order chi connectivity index (χ1) is 16.9. The fourth-order valence-electron chi connectivity index (χ4n) is 5.32. The highest BCUT2D eigenvalue weighted by Gasteiger charge is 2.47. The van der Waals surface area contributed by atoms with E-state index in [0.29, 0.717) is 56.3 Å². The number of hydrogen-bond acceptors (Lipinski definition) is 9. The van der Waals surface area contributed by atoms with Crippen molar-refractivity contribution in [2.24, 2.45) is 11.8 Å². The Hall–Kier alpha value is -2.60. The third-order valence-corrected chi connectivity index (χ3v) is 8.16. The van der Waals surface area contributed by atoms with Gasteiger partial charge in [-0.25, -0.2) is 4.98 Å². The van der Waals surface area contributed by atoms with Crippen molar-refractivity contribution < 1.29 is 29.0 Å². The van der Waals surface area contributed by atoms with E-state index in [1.54, 1.807) is 29.3 Å². The molecule has 35 heavy (non-hydrogen) atoms. The molecule has 3 fully saturated rings. The minimum atomic E-state index is -0.544. The van der Waals surface area contributed by atoms with Crippen molar-refractivity contribution in [2.45, 2.75) is 44.5 Å². The minimum absolute atomic E-state index is 0.0574. The minimum Gasteiger partial charge on any atom is -0.493 e. The Morgan fingerprint density at radius 2 is 2.14 bits per heavy atom. The molecule has 2 aromatic rings. The maximum absolute atomic E-state index is 12.7. The largest absolute Gasteiger partial charge is 0.493 e. The smallest absolute Gasteiger partial charge is 0.273 e. The highest BCUT2D eigenvalue weighted by atomic mass is 32.1. The lowest BCUT2D eigenvalue weighted by molar-refractivity contribution is -0.385. The number of carbonyl (C=O) groups is 1. The van der Waals surface area contributed by atoms with Gasteiger partial charge in [0.15, 0.2) is 0 Å². The van der Waals surface area contributed by atoms with Crippen molar-refractivity contribution in [1.82, 2.24) is 9.88 Å². The van der Waals surface area contributed by atoms with Gasteiger partial charge in [-0.3, -0.25) is 14.9 Å². The van der Waals surface area contributed by atoms with Gasteiger partial charge in [0, 0.05) is 42.4 Å². The Balaban J connectivity index is 1.18. The number of nitrogens with zero attached hydrogens (tertiary/aromatic N) is 3. The van der Waals surface area contributed by atoms with Crippen LogP contribution < -0.4 is 4.74 Å². The zero-order valence-corrected chi connectivity index (χ0v) is 20.3. The van der Waals surface area contributed by atoms with Crippen LogP contribution in [0.3, 0.4) is 0 Å². The fraction of sp³-hybridized carbons (Fsp3) is 0.583. The number of thiazole rings is 1. The number of rotatable bonds is 6. The summed E-state index contributed by atoms with van der Waals surface area (Å²) in [7, 11) is 0. The number of aromatic nitrogens is 1. The molecule has 0 spiro atoms. The van der Waals surface area contributed by atoms with Gasteiger partial charge in [-0.2, -0.15) is 0 Å². The average Bonchev–Trinajstić information content (AvgIpc) is 3.46. The predicted octanol–water partition coefficient (Wildman–Crippen LogP) is 3.13. The summed E-state index contributed by atoms with van der Waals surface area (Å²) < 4.78 is 17.6. The Morgan fingerprint density at radius 1 is 1.34 bits per heavy atom. The number of hydrogen-bond donors (Lipinski definition) is 1. The molecule has 3 heterocycles. The van der Waals surface area contributed by atoms with Crippen LogP contribution in [-0.4, -0.2) is 70.9 Å². The van der Waals surface area contributed by atoms with E-state index in [2.05, 4.69) is 4.98 Å². The van der Waals surface area contributed by atoms with Gasteiger partial charge in [0.05, 0.1) is 37.0 Å². The summed E-state index contributed by atoms with van der Waals surface area (Å²) in [6.07, 6.45) is 1.33. The molecule has 2 saturated heterocycles. The van der Waals surface area contributed by atoms with Crippen molar-refractivity contribution in [3.63, 3.8) is 0 Å². The first-order valence-corrected chi connectivity index (χ1v) is 12.8. The molecule has 1 aliphatic carbocycles. The summed E-state index contributed by atoms with van der Waals surface area (Å²) in [5.41, 5.74) is 1.05. The van der Waals surface area contributed by atoms with Gasteiger partial charge < -0.3 is 24.2 Å². The second-order valence-corrected chi connectivity index (χ2v) is 10.3. The fourth-order valence-corrected chi connectivity index (χ4v) is 6.18. The van der Waals surface area contributed by atoms with Gasteiger partial charge in [0.2, 0.25) is 0 Å². The maximum atomic E-state index is 12.7. The van der Waals surface area contributed by atoms with E-state index in [4.69, 9.17) is 14.2 Å². The molecule has 188 valence electrons. The molecule has 1 aromatic heterocycles. The van der Waals surface area contributed by atoms with Crippen LogP contribution in [0.5, 0.6) is 5.75 Å². The first kappa shape index (κ1) is 24.1. The number of ether oxygens (including phenoxy) is 3. The summed E-state index contributed by atoms with van der Waals surface area (Å²) in [4.78, 5) is 29.7. The molecular weight excluding hydrogens is 474 g/mol. The first-order valence-electron chi connectivity index (χ1n) is 11.9. The summed E-state index contributed by atoms with van der Waals surface area (Å²) in [6, 6.07) is 4.69. The molecular formula is C24H29N3O7S. The van der Waals surface area contributed by atoms with E-state index in [9.17, 15) is 20.0 Å². The number of amides is 1. The van der Waals surface area contributed by atoms with Crippen LogP contribution in [0.25, 0.3) is 0 Å². The normalized spacial score (nSPS) is 28.5. The predicted molar refractivity (Wildman–Crippen MR) is 127 cm³/mol. The monoisotopic (exact) mass is 503 g/mol. The molecule has 1 N–H and O–H groups in total. The molecule has 3 aliphatic rings. The van der Waals surface area contributed by atoms with E-state index < -0.39 is 11.0 Å². The van der Waals surface area contributed by atoms with E-state index in [1.807, 2.05) is 0 Å². The third kappa shape index (κ3) is 5.04. The SMILES string of the molecule is Cc1cc(OC[C@@H]2[C@H]3CC[C@H](c4nc(C(=O)N5CCOCC5)cs4)O[C@H]3C[C@H]2O)ccc1[N+](=O)[O-]. The van der Waals surface area contributed by atoms with E-state index >= 15 is 0 Å². The van der Waals surface area contributed by atoms with Crippen LogP contribution in [0.1, 0.15) is 46.4 Å². The summed E-state index contributed by atoms with van der Waals surface area (Å²) in [6.45, 7) is 4.26. The van der Waals surface area contributed by atoms with Gasteiger partial charge in [-0.05, 0) is 37.8 Å². The molecule has 0 bridgehead atoms. The topological polar surface area (TPSA) is 124 Å². The summed E-state index contributed by atoms with van der Waals surface area (Å²) in [5.74, 6) is 0.569. The molecule has 5 atom stereocenters. The molecule has 11 heteroatoms. The summed E-state index contributed by atoms with van der Waals surface area (Å²) in [5, 5.41) is 24.4. The number of nitro groups is 1. The Bertz CT molecular complexity index is 1090. The third-order valence-electron chi connectivity index (χ3n) is 7.22. The van der Waals surface area contributed by atoms with Gasteiger partial charge in [0.25, 0.3) is 11.6 Å². The maximum Gasteiger partial charge on any atom is 0.273 e. The Kier molecular flexibility index (Phi) is 7.01. The standard InChI is InChI=1S/C24H29N3O7S/c1-14-10-15(2-4-19(14)27(30)31)33-12-17-16-3-5-21(34-22(16)11-20(17)28)23-25-18(13-35-23)24(29)26-6-8-32-9-7-26/h2,4,10,13,16-17,20-22,28H,3,5-9,11-12H2,1H3/t16-,17-,20-,21-,22+/m1/s1. The lowest BCUT2D eigenvalue weighted by Crippen LogP contribution is -2.40. The van der Waals surface area contributed by atoms with Crippen LogP contribution in [0, 0.1) is 28.9 Å². The van der Waals surface area contributed by atoms with Crippen LogP contribution in [-0.2, 0) is 9.47 Å². The van der Waals surface area contributed by atoms with Crippen LogP contribution in [0.2, 0.25) is 0 Å². The average molecular weight is 504 g/mol. The van der Waals surface area contributed by atoms with Gasteiger partial charge in [-0.1, -0.05) is 0 Å². The van der Waals surface area contributed by atoms with Gasteiger partial charge in [-0.15, -0.1) is 11.3 Å². The van der Waals surface area contributed by atoms with Crippen LogP contribution in [0.15, 0.2) is 23.6 Å². The molecule has 5 rings (SSSR count). The number of aryl methyl sites for hydroxylation is 1. The van der Waals surface area contributed by atoms with Crippen molar-refractivity contribution >= 4 is 22.9 Å². The van der Waals surface area contributed by atoms with E-state index in [1.165, 1.54) is 17.4 Å². The molecule has 1 amide bonds. The molecule has 0 radical (unpaired) electrons. The van der Waals surface area contributed by atoms with Crippen molar-refractivity contribution in [3.8, 4) is 5.75 Å². The quantitative estimate of drug-likeness (QED) is 0.471. The Labute approximate surface area is 207 Å². The lowest BCUT2D eigenvalue weighted by atomic mass is 9.87. The second-order valence-electron chi connectivity index (χ2n) is 9.36. The molecule has 1 aromatic carbocycles.